The van der Waals surface area contributed by atoms with Crippen LogP contribution in [0.5, 0.6) is 5.75 Å². The molecule has 0 heterocycles. The number of benzene rings is 2. The van der Waals surface area contributed by atoms with Crippen molar-refractivity contribution < 1.29 is 27.9 Å². The van der Waals surface area contributed by atoms with E-state index >= 15 is 0 Å². The van der Waals surface area contributed by atoms with Crippen molar-refractivity contribution in [3.05, 3.63) is 59.7 Å². The molecule has 2 aromatic carbocycles. The van der Waals surface area contributed by atoms with Gasteiger partial charge in [-0.25, -0.2) is 13.2 Å². The summed E-state index contributed by atoms with van der Waals surface area (Å²) >= 11 is 0. The van der Waals surface area contributed by atoms with E-state index in [4.69, 9.17) is 4.74 Å². The Morgan fingerprint density at radius 3 is 2.04 bits per heavy atom. The van der Waals surface area contributed by atoms with Gasteiger partial charge < -0.3 is 9.84 Å². The molecule has 0 aromatic heterocycles. The molecule has 132 valence electrons. The van der Waals surface area contributed by atoms with Gasteiger partial charge >= 0.3 is 5.97 Å². The number of phenols is 1. The predicted octanol–water partition coefficient (Wildman–Crippen LogP) is 2.19. The first-order chi connectivity index (χ1) is 11.7. The monoisotopic (exact) mass is 363 g/mol. The van der Waals surface area contributed by atoms with E-state index < -0.39 is 27.9 Å². The molecule has 2 N–H and O–H groups in total. The van der Waals surface area contributed by atoms with Gasteiger partial charge in [-0.05, 0) is 55.5 Å². The highest BCUT2D eigenvalue weighted by molar-refractivity contribution is 7.92. The molecule has 0 saturated heterocycles. The SMILES string of the molecule is C[C@H](OC(=O)c1ccc(O)cc1)C(=O)c1ccc(NS(C)(=O)=O)cc1. The quantitative estimate of drug-likeness (QED) is 0.601. The minimum atomic E-state index is -3.40. The molecule has 1 atom stereocenters. The highest BCUT2D eigenvalue weighted by Crippen LogP contribution is 2.15. The van der Waals surface area contributed by atoms with Gasteiger partial charge in [-0.2, -0.15) is 0 Å². The van der Waals surface area contributed by atoms with Gasteiger partial charge in [0, 0.05) is 11.3 Å². The van der Waals surface area contributed by atoms with Crippen molar-refractivity contribution in [2.75, 3.05) is 11.0 Å². The van der Waals surface area contributed by atoms with Crippen LogP contribution in [0.4, 0.5) is 5.69 Å². The summed E-state index contributed by atoms with van der Waals surface area (Å²) in [7, 11) is -3.40. The van der Waals surface area contributed by atoms with E-state index in [1.807, 2.05) is 0 Å². The Labute approximate surface area is 145 Å². The zero-order chi connectivity index (χ0) is 18.6. The molecule has 0 aliphatic rings. The highest BCUT2D eigenvalue weighted by Gasteiger charge is 2.20. The number of carbonyl (C=O) groups excluding carboxylic acids is 2. The smallest absolute Gasteiger partial charge is 0.338 e. The summed E-state index contributed by atoms with van der Waals surface area (Å²) in [6.45, 7) is 1.45. The number of Topliss-reactive ketones (excluding diaryl/α,β-unsaturated/α-hetero) is 1. The second kappa shape index (κ2) is 7.35. The van der Waals surface area contributed by atoms with Crippen LogP contribution in [-0.4, -0.2) is 37.6 Å². The van der Waals surface area contributed by atoms with Crippen LogP contribution in [0.3, 0.4) is 0 Å². The number of ether oxygens (including phenoxy) is 1. The summed E-state index contributed by atoms with van der Waals surface area (Å²) < 4.78 is 29.7. The average Bonchev–Trinajstić information content (AvgIpc) is 2.54. The normalized spacial score (nSPS) is 12.2. The maximum Gasteiger partial charge on any atom is 0.338 e. The van der Waals surface area contributed by atoms with Gasteiger partial charge in [0.2, 0.25) is 15.8 Å². The van der Waals surface area contributed by atoms with Gasteiger partial charge in [0.05, 0.1) is 11.8 Å². The van der Waals surface area contributed by atoms with Crippen molar-refractivity contribution in [1.29, 1.82) is 0 Å². The standard InChI is InChI=1S/C17H17NO6S/c1-11(24-17(21)13-5-9-15(19)10-6-13)16(20)12-3-7-14(8-4-12)18-25(2,22)23/h3-11,18-19H,1-2H3/t11-/m0/s1. The summed E-state index contributed by atoms with van der Waals surface area (Å²) in [5.74, 6) is -1.09. The third-order valence-electron chi connectivity index (χ3n) is 3.23. The second-order valence-electron chi connectivity index (χ2n) is 5.41. The molecule has 7 nitrogen and oxygen atoms in total. The van der Waals surface area contributed by atoms with E-state index in [9.17, 15) is 23.1 Å². The van der Waals surface area contributed by atoms with Gasteiger partial charge in [-0.1, -0.05) is 0 Å². The number of anilines is 1. The summed E-state index contributed by atoms with van der Waals surface area (Å²) in [6, 6.07) is 11.3. The lowest BCUT2D eigenvalue weighted by atomic mass is 10.1. The van der Waals surface area contributed by atoms with Gasteiger partial charge in [0.15, 0.2) is 6.10 Å². The summed E-state index contributed by atoms with van der Waals surface area (Å²) in [6.07, 6.45) is 0.00622. The summed E-state index contributed by atoms with van der Waals surface area (Å²) in [5.41, 5.74) is 0.822. The van der Waals surface area contributed by atoms with Crippen molar-refractivity contribution >= 4 is 27.5 Å². The molecule has 0 radical (unpaired) electrons. The Morgan fingerprint density at radius 2 is 1.52 bits per heavy atom. The van der Waals surface area contributed by atoms with Crippen LogP contribution in [0, 0.1) is 0 Å². The molecular weight excluding hydrogens is 346 g/mol. The van der Waals surface area contributed by atoms with Crippen LogP contribution in [0.25, 0.3) is 0 Å². The zero-order valence-electron chi connectivity index (χ0n) is 13.6. The van der Waals surface area contributed by atoms with E-state index in [0.29, 0.717) is 5.69 Å². The lowest BCUT2D eigenvalue weighted by Crippen LogP contribution is -2.24. The molecule has 0 unspecified atom stereocenters. The Hall–Kier alpha value is -2.87. The van der Waals surface area contributed by atoms with Gasteiger partial charge in [-0.15, -0.1) is 0 Å². The highest BCUT2D eigenvalue weighted by atomic mass is 32.2. The number of aromatic hydroxyl groups is 1. The van der Waals surface area contributed by atoms with E-state index in [1.54, 1.807) is 0 Å². The number of hydrogen-bond donors (Lipinski definition) is 2. The first kappa shape index (κ1) is 18.5. The number of rotatable bonds is 6. The molecule has 25 heavy (non-hydrogen) atoms. The van der Waals surface area contributed by atoms with Crippen LogP contribution < -0.4 is 4.72 Å². The molecule has 0 aliphatic heterocycles. The van der Waals surface area contributed by atoms with Gasteiger partial charge in [0.1, 0.15) is 5.75 Å². The van der Waals surface area contributed by atoms with E-state index in [2.05, 4.69) is 4.72 Å². The van der Waals surface area contributed by atoms with Crippen molar-refractivity contribution in [2.45, 2.75) is 13.0 Å². The van der Waals surface area contributed by atoms with Crippen LogP contribution in [0.2, 0.25) is 0 Å². The third-order valence-corrected chi connectivity index (χ3v) is 3.84. The minimum Gasteiger partial charge on any atom is -0.508 e. The van der Waals surface area contributed by atoms with E-state index in [1.165, 1.54) is 55.5 Å². The number of phenolic OH excluding ortho intramolecular Hbond substituents is 1. The second-order valence-corrected chi connectivity index (χ2v) is 7.16. The molecule has 2 rings (SSSR count). The van der Waals surface area contributed by atoms with Gasteiger partial charge in [0.25, 0.3) is 0 Å². The molecule has 2 aromatic rings. The molecule has 0 spiro atoms. The Morgan fingerprint density at radius 1 is 1.00 bits per heavy atom. The Bertz CT molecular complexity index is 872. The van der Waals surface area contributed by atoms with Crippen LogP contribution in [-0.2, 0) is 14.8 Å². The Balaban J connectivity index is 2.04. The number of carbonyl (C=O) groups is 2. The van der Waals surface area contributed by atoms with Crippen LogP contribution >= 0.6 is 0 Å². The van der Waals surface area contributed by atoms with Crippen molar-refractivity contribution in [2.24, 2.45) is 0 Å². The maximum absolute atomic E-state index is 12.3. The molecule has 0 fully saturated rings. The number of esters is 1. The van der Waals surface area contributed by atoms with E-state index in [0.717, 1.165) is 6.26 Å². The number of hydrogen-bond acceptors (Lipinski definition) is 6. The van der Waals surface area contributed by atoms with Gasteiger partial charge in [-0.3, -0.25) is 9.52 Å². The zero-order valence-corrected chi connectivity index (χ0v) is 14.4. The fourth-order valence-electron chi connectivity index (χ4n) is 2.03. The summed E-state index contributed by atoms with van der Waals surface area (Å²) in [5, 5.41) is 9.20. The molecule has 0 aliphatic carbocycles. The lowest BCUT2D eigenvalue weighted by molar-refractivity contribution is 0.0319. The average molecular weight is 363 g/mol. The van der Waals surface area contributed by atoms with Crippen molar-refractivity contribution in [3.63, 3.8) is 0 Å². The first-order valence-corrected chi connectivity index (χ1v) is 9.17. The minimum absolute atomic E-state index is 0.0171. The topological polar surface area (TPSA) is 110 Å². The van der Waals surface area contributed by atoms with Crippen molar-refractivity contribution in [3.8, 4) is 5.75 Å². The van der Waals surface area contributed by atoms with Crippen LogP contribution in [0.15, 0.2) is 48.5 Å². The molecule has 8 heteroatoms. The maximum atomic E-state index is 12.3. The fraction of sp³-hybridized carbons (Fsp3) is 0.176. The number of sulfonamides is 1. The van der Waals surface area contributed by atoms with Crippen molar-refractivity contribution in [1.82, 2.24) is 0 Å². The fourth-order valence-corrected chi connectivity index (χ4v) is 2.60. The van der Waals surface area contributed by atoms with Crippen LogP contribution in [0.1, 0.15) is 27.6 Å². The predicted molar refractivity (Wildman–Crippen MR) is 92.2 cm³/mol. The summed E-state index contributed by atoms with van der Waals surface area (Å²) in [4.78, 5) is 24.3. The molecule has 0 bridgehead atoms. The number of nitrogens with one attached hydrogen (secondary N) is 1. The third kappa shape index (κ3) is 5.32. The van der Waals surface area contributed by atoms with E-state index in [-0.39, 0.29) is 16.9 Å². The molecule has 0 amide bonds. The largest absolute Gasteiger partial charge is 0.508 e. The first-order valence-electron chi connectivity index (χ1n) is 7.28. The molecular formula is C17H17NO6S. The Kier molecular flexibility index (Phi) is 5.43. The molecule has 0 saturated carbocycles. The number of ketones is 1. The lowest BCUT2D eigenvalue weighted by Gasteiger charge is -2.13.